The molecular formula is C22H28N2O2. The van der Waals surface area contributed by atoms with E-state index in [2.05, 4.69) is 48.3 Å². The van der Waals surface area contributed by atoms with E-state index in [9.17, 15) is 4.79 Å². The molecule has 1 atom stereocenters. The third-order valence-corrected chi connectivity index (χ3v) is 5.04. The van der Waals surface area contributed by atoms with Gasteiger partial charge in [-0.25, -0.2) is 0 Å². The number of rotatable bonds is 7. The molecule has 1 heterocycles. The molecule has 1 N–H and O–H groups in total. The van der Waals surface area contributed by atoms with Crippen LogP contribution in [0.4, 0.5) is 0 Å². The first-order valence-corrected chi connectivity index (χ1v) is 9.48. The molecule has 0 radical (unpaired) electrons. The van der Waals surface area contributed by atoms with Crippen LogP contribution < -0.4 is 10.1 Å². The van der Waals surface area contributed by atoms with Gasteiger partial charge in [-0.3, -0.25) is 9.69 Å². The summed E-state index contributed by atoms with van der Waals surface area (Å²) in [5.74, 6) is 0.846. The molecule has 1 unspecified atom stereocenters. The number of benzene rings is 2. The zero-order chi connectivity index (χ0) is 18.4. The van der Waals surface area contributed by atoms with Crippen LogP contribution in [0.25, 0.3) is 0 Å². The molecule has 0 bridgehead atoms. The van der Waals surface area contributed by atoms with Crippen molar-refractivity contribution in [2.45, 2.75) is 33.4 Å². The molecular weight excluding hydrogens is 324 g/mol. The normalized spacial score (nSPS) is 16.0. The van der Waals surface area contributed by atoms with E-state index < -0.39 is 0 Å². The molecule has 0 spiro atoms. The molecule has 2 aromatic rings. The van der Waals surface area contributed by atoms with Gasteiger partial charge >= 0.3 is 0 Å². The van der Waals surface area contributed by atoms with Crippen molar-refractivity contribution in [3.8, 4) is 5.75 Å². The van der Waals surface area contributed by atoms with Gasteiger partial charge in [-0.15, -0.1) is 0 Å². The van der Waals surface area contributed by atoms with Crippen molar-refractivity contribution in [3.05, 3.63) is 65.2 Å². The second-order valence-corrected chi connectivity index (χ2v) is 6.82. The number of carbonyl (C=O) groups is 1. The first-order valence-electron chi connectivity index (χ1n) is 9.48. The average molecular weight is 352 g/mol. The van der Waals surface area contributed by atoms with Gasteiger partial charge in [0.25, 0.3) is 0 Å². The Balaban J connectivity index is 1.50. The Kier molecular flexibility index (Phi) is 6.29. The van der Waals surface area contributed by atoms with Gasteiger partial charge in [0.15, 0.2) is 0 Å². The SMILES string of the molecule is CCN(CC)Cc1ccc(CNC(=O)C2COc3ccccc3C2)cc1. The zero-order valence-electron chi connectivity index (χ0n) is 15.7. The smallest absolute Gasteiger partial charge is 0.227 e. The number of fused-ring (bicyclic) bond motifs is 1. The fourth-order valence-corrected chi connectivity index (χ4v) is 3.30. The quantitative estimate of drug-likeness (QED) is 0.830. The number of hydrogen-bond donors (Lipinski definition) is 1. The van der Waals surface area contributed by atoms with E-state index in [1.807, 2.05) is 24.3 Å². The number of nitrogens with zero attached hydrogens (tertiary/aromatic N) is 1. The number of ether oxygens (including phenoxy) is 1. The maximum atomic E-state index is 12.5. The lowest BCUT2D eigenvalue weighted by molar-refractivity contribution is -0.126. The lowest BCUT2D eigenvalue weighted by Crippen LogP contribution is -2.37. The monoisotopic (exact) mass is 352 g/mol. The number of para-hydroxylation sites is 1. The fraction of sp³-hybridized carbons (Fsp3) is 0.409. The van der Waals surface area contributed by atoms with Crippen LogP contribution in [0, 0.1) is 5.92 Å². The maximum absolute atomic E-state index is 12.5. The van der Waals surface area contributed by atoms with Gasteiger partial charge in [0, 0.05) is 13.1 Å². The van der Waals surface area contributed by atoms with Crippen molar-refractivity contribution in [2.24, 2.45) is 5.92 Å². The van der Waals surface area contributed by atoms with E-state index in [4.69, 9.17) is 4.74 Å². The lowest BCUT2D eigenvalue weighted by Gasteiger charge is -2.24. The summed E-state index contributed by atoms with van der Waals surface area (Å²) in [4.78, 5) is 14.9. The van der Waals surface area contributed by atoms with Gasteiger partial charge in [0.05, 0.1) is 5.92 Å². The van der Waals surface area contributed by atoms with Crippen LogP contribution in [0.2, 0.25) is 0 Å². The van der Waals surface area contributed by atoms with Crippen molar-refractivity contribution in [3.63, 3.8) is 0 Å². The summed E-state index contributed by atoms with van der Waals surface area (Å²) in [6.45, 7) is 8.45. The lowest BCUT2D eigenvalue weighted by atomic mass is 9.96. The second-order valence-electron chi connectivity index (χ2n) is 6.82. The molecule has 4 heteroatoms. The van der Waals surface area contributed by atoms with Crippen molar-refractivity contribution in [1.29, 1.82) is 0 Å². The third-order valence-electron chi connectivity index (χ3n) is 5.04. The van der Waals surface area contributed by atoms with Gasteiger partial charge in [-0.1, -0.05) is 56.3 Å². The predicted molar refractivity (Wildman–Crippen MR) is 104 cm³/mol. The minimum Gasteiger partial charge on any atom is -0.492 e. The third kappa shape index (κ3) is 4.64. The summed E-state index contributed by atoms with van der Waals surface area (Å²) in [5, 5.41) is 3.05. The highest BCUT2D eigenvalue weighted by Crippen LogP contribution is 2.26. The Bertz CT molecular complexity index is 723. The van der Waals surface area contributed by atoms with Crippen LogP contribution in [-0.2, 0) is 24.3 Å². The van der Waals surface area contributed by atoms with Crippen molar-refractivity contribution in [1.82, 2.24) is 10.2 Å². The highest BCUT2D eigenvalue weighted by Gasteiger charge is 2.25. The van der Waals surface area contributed by atoms with Crippen LogP contribution in [0.15, 0.2) is 48.5 Å². The van der Waals surface area contributed by atoms with E-state index in [-0.39, 0.29) is 11.8 Å². The van der Waals surface area contributed by atoms with E-state index in [1.165, 1.54) is 5.56 Å². The molecule has 1 aliphatic rings. The molecule has 26 heavy (non-hydrogen) atoms. The Morgan fingerprint density at radius 2 is 1.77 bits per heavy atom. The van der Waals surface area contributed by atoms with Gasteiger partial charge in [0.2, 0.25) is 5.91 Å². The van der Waals surface area contributed by atoms with Crippen molar-refractivity contribution in [2.75, 3.05) is 19.7 Å². The molecule has 0 saturated carbocycles. The van der Waals surface area contributed by atoms with Crippen molar-refractivity contribution < 1.29 is 9.53 Å². The summed E-state index contributed by atoms with van der Waals surface area (Å²) < 4.78 is 5.72. The molecule has 4 nitrogen and oxygen atoms in total. The summed E-state index contributed by atoms with van der Waals surface area (Å²) in [5.41, 5.74) is 3.54. The van der Waals surface area contributed by atoms with E-state index in [0.29, 0.717) is 13.2 Å². The summed E-state index contributed by atoms with van der Waals surface area (Å²) in [7, 11) is 0. The van der Waals surface area contributed by atoms with Crippen molar-refractivity contribution >= 4 is 5.91 Å². The highest BCUT2D eigenvalue weighted by atomic mass is 16.5. The van der Waals surface area contributed by atoms with E-state index in [0.717, 1.165) is 42.9 Å². The predicted octanol–water partition coefficient (Wildman–Crippen LogP) is 3.40. The first-order chi connectivity index (χ1) is 12.7. The second kappa shape index (κ2) is 8.86. The molecule has 0 aromatic heterocycles. The standard InChI is InChI=1S/C22H28N2O2/c1-3-24(4-2)15-18-11-9-17(10-12-18)14-23-22(25)20-13-19-7-5-6-8-21(19)26-16-20/h5-12,20H,3-4,13-16H2,1-2H3,(H,23,25). The molecule has 2 aromatic carbocycles. The van der Waals surface area contributed by atoms with Gasteiger partial charge in [0.1, 0.15) is 12.4 Å². The molecule has 1 amide bonds. The molecule has 138 valence electrons. The van der Waals surface area contributed by atoms with Gasteiger partial charge < -0.3 is 10.1 Å². The highest BCUT2D eigenvalue weighted by molar-refractivity contribution is 5.79. The van der Waals surface area contributed by atoms with Crippen LogP contribution in [0.1, 0.15) is 30.5 Å². The van der Waals surface area contributed by atoms with Crippen LogP contribution in [-0.4, -0.2) is 30.5 Å². The molecule has 1 aliphatic heterocycles. The average Bonchev–Trinajstić information content (AvgIpc) is 2.70. The minimum absolute atomic E-state index is 0.0618. The molecule has 0 saturated heterocycles. The molecule has 0 aliphatic carbocycles. The number of carbonyl (C=O) groups excluding carboxylic acids is 1. The molecule has 0 fully saturated rings. The first kappa shape index (κ1) is 18.5. The van der Waals surface area contributed by atoms with Gasteiger partial charge in [-0.2, -0.15) is 0 Å². The van der Waals surface area contributed by atoms with Gasteiger partial charge in [-0.05, 0) is 42.3 Å². The Morgan fingerprint density at radius 1 is 1.08 bits per heavy atom. The van der Waals surface area contributed by atoms with Crippen LogP contribution in [0.5, 0.6) is 5.75 Å². The van der Waals surface area contributed by atoms with E-state index in [1.54, 1.807) is 0 Å². The zero-order valence-corrected chi connectivity index (χ0v) is 15.7. The Labute approximate surface area is 156 Å². The number of nitrogens with one attached hydrogen (secondary N) is 1. The Morgan fingerprint density at radius 3 is 2.50 bits per heavy atom. The van der Waals surface area contributed by atoms with Crippen LogP contribution >= 0.6 is 0 Å². The largest absolute Gasteiger partial charge is 0.492 e. The number of amides is 1. The Hall–Kier alpha value is -2.33. The topological polar surface area (TPSA) is 41.6 Å². The summed E-state index contributed by atoms with van der Waals surface area (Å²) >= 11 is 0. The summed E-state index contributed by atoms with van der Waals surface area (Å²) in [6, 6.07) is 16.5. The fourth-order valence-electron chi connectivity index (χ4n) is 3.30. The summed E-state index contributed by atoms with van der Waals surface area (Å²) in [6.07, 6.45) is 0.741. The minimum atomic E-state index is -0.119. The maximum Gasteiger partial charge on any atom is 0.227 e. The van der Waals surface area contributed by atoms with Crippen LogP contribution in [0.3, 0.4) is 0 Å². The molecule has 3 rings (SSSR count). The van der Waals surface area contributed by atoms with E-state index >= 15 is 0 Å². The number of hydrogen-bond acceptors (Lipinski definition) is 3.